The van der Waals surface area contributed by atoms with Crippen LogP contribution in [0.15, 0.2) is 36.7 Å². The molecule has 0 atom stereocenters. The first-order valence-electron chi connectivity index (χ1n) is 5.28. The van der Waals surface area contributed by atoms with Crippen molar-refractivity contribution in [1.29, 1.82) is 0 Å². The Balaban J connectivity index is 2.10. The van der Waals surface area contributed by atoms with Crippen LogP contribution in [-0.4, -0.2) is 4.98 Å². The highest BCUT2D eigenvalue weighted by Crippen LogP contribution is 2.14. The third-order valence-corrected chi connectivity index (χ3v) is 2.55. The van der Waals surface area contributed by atoms with E-state index in [1.165, 1.54) is 12.1 Å². The van der Waals surface area contributed by atoms with Crippen molar-refractivity contribution < 1.29 is 8.78 Å². The highest BCUT2D eigenvalue weighted by Gasteiger charge is 2.03. The van der Waals surface area contributed by atoms with E-state index in [4.69, 9.17) is 5.73 Å². The summed E-state index contributed by atoms with van der Waals surface area (Å²) in [4.78, 5) is 3.96. The fourth-order valence-corrected chi connectivity index (χ4v) is 1.68. The lowest BCUT2D eigenvalue weighted by Crippen LogP contribution is -1.98. The number of aryl methyl sites for hydroxylation is 2. The summed E-state index contributed by atoms with van der Waals surface area (Å²) in [7, 11) is 0. The molecule has 0 aliphatic heterocycles. The summed E-state index contributed by atoms with van der Waals surface area (Å²) in [5.41, 5.74) is 7.91. The minimum absolute atomic E-state index is 0.532. The topological polar surface area (TPSA) is 38.9 Å². The molecule has 0 fully saturated rings. The maximum Gasteiger partial charge on any atom is 0.126 e. The molecule has 0 saturated carbocycles. The van der Waals surface area contributed by atoms with Gasteiger partial charge in [0, 0.05) is 24.1 Å². The summed E-state index contributed by atoms with van der Waals surface area (Å²) in [5.74, 6) is -1.11. The molecule has 1 heterocycles. The summed E-state index contributed by atoms with van der Waals surface area (Å²) in [5, 5.41) is 0. The smallest absolute Gasteiger partial charge is 0.126 e. The average Bonchev–Trinajstić information content (AvgIpc) is 2.27. The molecular formula is C13H12F2N2. The van der Waals surface area contributed by atoms with E-state index in [0.717, 1.165) is 11.6 Å². The highest BCUT2D eigenvalue weighted by molar-refractivity contribution is 5.44. The van der Waals surface area contributed by atoms with Crippen molar-refractivity contribution in [1.82, 2.24) is 4.98 Å². The van der Waals surface area contributed by atoms with Gasteiger partial charge in [0.2, 0.25) is 0 Å². The van der Waals surface area contributed by atoms with E-state index in [0.29, 0.717) is 24.1 Å². The summed E-state index contributed by atoms with van der Waals surface area (Å²) < 4.78 is 25.9. The van der Waals surface area contributed by atoms with E-state index >= 15 is 0 Å². The molecule has 1 aromatic heterocycles. The lowest BCUT2D eigenvalue weighted by molar-refractivity contribution is 0.579. The van der Waals surface area contributed by atoms with E-state index in [2.05, 4.69) is 4.98 Å². The number of nitrogens with two attached hydrogens (primary N) is 1. The minimum Gasteiger partial charge on any atom is -0.398 e. The maximum atomic E-state index is 13.0. The average molecular weight is 234 g/mol. The second kappa shape index (κ2) is 4.91. The van der Waals surface area contributed by atoms with Crippen molar-refractivity contribution in [3.8, 4) is 0 Å². The summed E-state index contributed by atoms with van der Waals surface area (Å²) in [6.07, 6.45) is 4.43. The number of nitrogen functional groups attached to an aromatic ring is 1. The Morgan fingerprint density at radius 3 is 2.41 bits per heavy atom. The molecule has 0 bridgehead atoms. The predicted octanol–water partition coefficient (Wildman–Crippen LogP) is 2.73. The highest BCUT2D eigenvalue weighted by atomic mass is 19.1. The van der Waals surface area contributed by atoms with Crippen LogP contribution in [0.5, 0.6) is 0 Å². The second-order valence-corrected chi connectivity index (χ2v) is 3.85. The lowest BCUT2D eigenvalue weighted by atomic mass is 10.0. The Labute approximate surface area is 98.1 Å². The Bertz CT molecular complexity index is 506. The van der Waals surface area contributed by atoms with Crippen molar-refractivity contribution >= 4 is 5.69 Å². The fraction of sp³-hybridized carbons (Fsp3) is 0.154. The minimum atomic E-state index is -0.556. The molecule has 88 valence electrons. The van der Waals surface area contributed by atoms with Gasteiger partial charge in [0.25, 0.3) is 0 Å². The summed E-state index contributed by atoms with van der Waals surface area (Å²) >= 11 is 0. The molecule has 0 unspecified atom stereocenters. The van der Waals surface area contributed by atoms with Gasteiger partial charge in [0.15, 0.2) is 0 Å². The van der Waals surface area contributed by atoms with Crippen molar-refractivity contribution in [2.24, 2.45) is 0 Å². The molecule has 0 spiro atoms. The van der Waals surface area contributed by atoms with Crippen LogP contribution in [0, 0.1) is 11.6 Å². The van der Waals surface area contributed by atoms with Gasteiger partial charge in [-0.15, -0.1) is 0 Å². The molecule has 2 nitrogen and oxygen atoms in total. The number of hydrogen-bond donors (Lipinski definition) is 1. The van der Waals surface area contributed by atoms with Gasteiger partial charge in [-0.25, -0.2) is 8.78 Å². The normalized spacial score (nSPS) is 10.5. The van der Waals surface area contributed by atoms with Gasteiger partial charge in [0.1, 0.15) is 11.6 Å². The zero-order chi connectivity index (χ0) is 12.3. The van der Waals surface area contributed by atoms with Gasteiger partial charge in [-0.2, -0.15) is 0 Å². The molecular weight excluding hydrogens is 222 g/mol. The van der Waals surface area contributed by atoms with Crippen LogP contribution in [0.1, 0.15) is 11.1 Å². The van der Waals surface area contributed by atoms with Crippen LogP contribution in [0.2, 0.25) is 0 Å². The van der Waals surface area contributed by atoms with Gasteiger partial charge in [-0.05, 0) is 42.2 Å². The predicted molar refractivity (Wildman–Crippen MR) is 62.4 cm³/mol. The third kappa shape index (κ3) is 3.00. The van der Waals surface area contributed by atoms with Crippen LogP contribution in [-0.2, 0) is 12.8 Å². The molecule has 17 heavy (non-hydrogen) atoms. The lowest BCUT2D eigenvalue weighted by Gasteiger charge is -2.05. The molecule has 0 amide bonds. The number of benzene rings is 1. The number of rotatable bonds is 3. The van der Waals surface area contributed by atoms with E-state index < -0.39 is 11.6 Å². The number of pyridine rings is 1. The Morgan fingerprint density at radius 1 is 1.06 bits per heavy atom. The van der Waals surface area contributed by atoms with Crippen molar-refractivity contribution in [3.05, 3.63) is 59.4 Å². The molecule has 2 aromatic rings. The SMILES string of the molecule is Nc1ccncc1CCc1cc(F)cc(F)c1. The standard InChI is InChI=1S/C13H12F2N2/c14-11-5-9(6-12(15)7-11)1-2-10-8-17-4-3-13(10)16/h3-8H,1-2H2,(H2,16,17). The summed E-state index contributed by atoms with van der Waals surface area (Å²) in [6, 6.07) is 5.23. The van der Waals surface area contributed by atoms with Crippen LogP contribution >= 0.6 is 0 Å². The fourth-order valence-electron chi connectivity index (χ4n) is 1.68. The second-order valence-electron chi connectivity index (χ2n) is 3.85. The third-order valence-electron chi connectivity index (χ3n) is 2.55. The molecule has 2 rings (SSSR count). The van der Waals surface area contributed by atoms with E-state index in [1.807, 2.05) is 0 Å². The Kier molecular flexibility index (Phi) is 3.32. The number of nitrogens with zero attached hydrogens (tertiary/aromatic N) is 1. The first-order chi connectivity index (χ1) is 8.15. The zero-order valence-electron chi connectivity index (χ0n) is 9.16. The molecule has 0 saturated heterocycles. The Hall–Kier alpha value is -1.97. The van der Waals surface area contributed by atoms with Gasteiger partial charge in [0.05, 0.1) is 0 Å². The van der Waals surface area contributed by atoms with Crippen molar-refractivity contribution in [2.45, 2.75) is 12.8 Å². The van der Waals surface area contributed by atoms with Crippen LogP contribution in [0.4, 0.5) is 14.5 Å². The molecule has 2 N–H and O–H groups in total. The van der Waals surface area contributed by atoms with Gasteiger partial charge < -0.3 is 5.73 Å². The van der Waals surface area contributed by atoms with Crippen molar-refractivity contribution in [3.63, 3.8) is 0 Å². The molecule has 0 aliphatic carbocycles. The van der Waals surface area contributed by atoms with Crippen LogP contribution in [0.25, 0.3) is 0 Å². The molecule has 1 aromatic carbocycles. The monoisotopic (exact) mass is 234 g/mol. The molecule has 0 radical (unpaired) electrons. The number of hydrogen-bond acceptors (Lipinski definition) is 2. The van der Waals surface area contributed by atoms with E-state index in [9.17, 15) is 8.78 Å². The number of halogens is 2. The largest absolute Gasteiger partial charge is 0.398 e. The zero-order valence-corrected chi connectivity index (χ0v) is 9.16. The van der Waals surface area contributed by atoms with Crippen molar-refractivity contribution in [2.75, 3.05) is 5.73 Å². The molecule has 4 heteroatoms. The quantitative estimate of drug-likeness (QED) is 0.886. The first-order valence-corrected chi connectivity index (χ1v) is 5.28. The van der Waals surface area contributed by atoms with Gasteiger partial charge in [-0.1, -0.05) is 0 Å². The van der Waals surface area contributed by atoms with Crippen LogP contribution < -0.4 is 5.73 Å². The van der Waals surface area contributed by atoms with E-state index in [1.54, 1.807) is 18.5 Å². The van der Waals surface area contributed by atoms with Gasteiger partial charge >= 0.3 is 0 Å². The number of aromatic nitrogens is 1. The number of anilines is 1. The first kappa shape index (κ1) is 11.5. The van der Waals surface area contributed by atoms with Gasteiger partial charge in [-0.3, -0.25) is 4.98 Å². The Morgan fingerprint density at radius 2 is 1.76 bits per heavy atom. The van der Waals surface area contributed by atoms with E-state index in [-0.39, 0.29) is 0 Å². The summed E-state index contributed by atoms with van der Waals surface area (Å²) in [6.45, 7) is 0. The molecule has 0 aliphatic rings. The maximum absolute atomic E-state index is 13.0. The van der Waals surface area contributed by atoms with Crippen LogP contribution in [0.3, 0.4) is 0 Å².